The van der Waals surface area contributed by atoms with Crippen LogP contribution in [0.5, 0.6) is 11.5 Å². The van der Waals surface area contributed by atoms with Gasteiger partial charge in [0.05, 0.1) is 25.8 Å². The fraction of sp³-hybridized carbons (Fsp3) is 0.267. The van der Waals surface area contributed by atoms with Crippen molar-refractivity contribution in [3.05, 3.63) is 89.0 Å². The van der Waals surface area contributed by atoms with Crippen LogP contribution in [0.15, 0.2) is 72.3 Å². The third-order valence-corrected chi connectivity index (χ3v) is 6.82. The van der Waals surface area contributed by atoms with E-state index in [0.717, 1.165) is 24.3 Å². The minimum absolute atomic E-state index is 0.0382. The van der Waals surface area contributed by atoms with Crippen molar-refractivity contribution in [3.63, 3.8) is 0 Å². The Morgan fingerprint density at radius 1 is 0.892 bits per heavy atom. The number of rotatable bonds is 8. The Balaban J connectivity index is 1.88. The van der Waals surface area contributed by atoms with Gasteiger partial charge < -0.3 is 19.5 Å². The maximum absolute atomic E-state index is 13.5. The van der Waals surface area contributed by atoms with E-state index < -0.39 is 17.7 Å². The van der Waals surface area contributed by atoms with Crippen molar-refractivity contribution in [3.8, 4) is 11.5 Å². The largest absolute Gasteiger partial charge is 0.507 e. The Morgan fingerprint density at radius 2 is 1.49 bits per heavy atom. The van der Waals surface area contributed by atoms with Crippen LogP contribution in [0.2, 0.25) is 0 Å². The van der Waals surface area contributed by atoms with Crippen LogP contribution in [-0.2, 0) is 9.59 Å². The molecule has 1 heterocycles. The summed E-state index contributed by atoms with van der Waals surface area (Å²) in [4.78, 5) is 30.6. The molecule has 7 nitrogen and oxygen atoms in total. The number of Topliss-reactive ketones (excluding diaryl/α,β-unsaturated/α-hetero) is 1. The van der Waals surface area contributed by atoms with E-state index in [0.29, 0.717) is 28.3 Å². The molecule has 1 saturated heterocycles. The third kappa shape index (κ3) is 4.77. The molecule has 3 aromatic rings. The molecular formula is C30H32N2O5. The quantitative estimate of drug-likeness (QED) is 0.251. The molecule has 0 bridgehead atoms. The van der Waals surface area contributed by atoms with E-state index in [4.69, 9.17) is 9.47 Å². The predicted molar refractivity (Wildman–Crippen MR) is 146 cm³/mol. The molecule has 3 aromatic carbocycles. The van der Waals surface area contributed by atoms with E-state index in [1.165, 1.54) is 4.90 Å². The number of hydrogen-bond donors (Lipinski definition) is 1. The molecule has 0 aliphatic carbocycles. The highest BCUT2D eigenvalue weighted by molar-refractivity contribution is 6.51. The van der Waals surface area contributed by atoms with Crippen LogP contribution in [0, 0.1) is 6.92 Å². The first-order valence-corrected chi connectivity index (χ1v) is 12.3. The van der Waals surface area contributed by atoms with Crippen molar-refractivity contribution < 1.29 is 24.2 Å². The lowest BCUT2D eigenvalue weighted by atomic mass is 9.93. The number of aryl methyl sites for hydroxylation is 1. The average molecular weight is 501 g/mol. The van der Waals surface area contributed by atoms with E-state index in [-0.39, 0.29) is 11.3 Å². The summed E-state index contributed by atoms with van der Waals surface area (Å²) >= 11 is 0. The summed E-state index contributed by atoms with van der Waals surface area (Å²) < 4.78 is 10.6. The van der Waals surface area contributed by atoms with Crippen LogP contribution >= 0.6 is 0 Å². The van der Waals surface area contributed by atoms with E-state index in [1.807, 2.05) is 31.2 Å². The Hall–Kier alpha value is -4.26. The Morgan fingerprint density at radius 3 is 2.03 bits per heavy atom. The summed E-state index contributed by atoms with van der Waals surface area (Å²) in [5.41, 5.74) is 3.51. The second-order valence-electron chi connectivity index (χ2n) is 8.81. The number of nitrogens with zero attached hydrogens (tertiary/aromatic N) is 2. The summed E-state index contributed by atoms with van der Waals surface area (Å²) in [5, 5.41) is 11.4. The number of aliphatic hydroxyl groups excluding tert-OH is 1. The highest BCUT2D eigenvalue weighted by Gasteiger charge is 2.47. The van der Waals surface area contributed by atoms with Crippen LogP contribution in [0.3, 0.4) is 0 Å². The number of methoxy groups -OCH3 is 2. The van der Waals surface area contributed by atoms with Gasteiger partial charge in [0, 0.05) is 30.0 Å². The van der Waals surface area contributed by atoms with E-state index in [1.54, 1.807) is 56.7 Å². The highest BCUT2D eigenvalue weighted by Crippen LogP contribution is 2.43. The minimum atomic E-state index is -0.813. The van der Waals surface area contributed by atoms with E-state index >= 15 is 0 Å². The number of aliphatic hydroxyl groups is 1. The molecule has 1 aliphatic rings. The zero-order valence-corrected chi connectivity index (χ0v) is 21.8. The maximum atomic E-state index is 13.5. The maximum Gasteiger partial charge on any atom is 0.300 e. The lowest BCUT2D eigenvalue weighted by Gasteiger charge is -2.27. The SMILES string of the molecule is CCN(CC)c1ccc(N2C(=O)C(=O)/C(=C(\O)c3ccc(OC)cc3C)C2c2ccc(OC)cc2)cc1. The molecule has 37 heavy (non-hydrogen) atoms. The van der Waals surface area contributed by atoms with Gasteiger partial charge in [0.1, 0.15) is 17.3 Å². The zero-order chi connectivity index (χ0) is 26.7. The second kappa shape index (κ2) is 10.8. The summed E-state index contributed by atoms with van der Waals surface area (Å²) in [6.45, 7) is 7.70. The first-order valence-electron chi connectivity index (χ1n) is 12.3. The number of amides is 1. The molecule has 192 valence electrons. The van der Waals surface area contributed by atoms with Crippen molar-refractivity contribution in [1.82, 2.24) is 0 Å². The highest BCUT2D eigenvalue weighted by atomic mass is 16.5. The van der Waals surface area contributed by atoms with Crippen LogP contribution < -0.4 is 19.3 Å². The molecule has 1 aliphatic heterocycles. The number of anilines is 2. The summed E-state index contributed by atoms with van der Waals surface area (Å²) in [5.74, 6) is -0.364. The molecule has 0 saturated carbocycles. The molecule has 1 atom stereocenters. The first-order chi connectivity index (χ1) is 17.8. The van der Waals surface area contributed by atoms with Crippen LogP contribution in [0.1, 0.15) is 36.6 Å². The van der Waals surface area contributed by atoms with Gasteiger partial charge in [-0.05, 0) is 86.5 Å². The zero-order valence-electron chi connectivity index (χ0n) is 21.8. The van der Waals surface area contributed by atoms with Gasteiger partial charge >= 0.3 is 0 Å². The number of carbonyl (C=O) groups excluding carboxylic acids is 2. The van der Waals surface area contributed by atoms with E-state index in [9.17, 15) is 14.7 Å². The molecule has 1 amide bonds. The fourth-order valence-corrected chi connectivity index (χ4v) is 4.79. The lowest BCUT2D eigenvalue weighted by molar-refractivity contribution is -0.132. The number of benzene rings is 3. The topological polar surface area (TPSA) is 79.3 Å². The van der Waals surface area contributed by atoms with Crippen molar-refractivity contribution >= 4 is 28.8 Å². The first kappa shape index (κ1) is 25.8. The molecule has 0 radical (unpaired) electrons. The van der Waals surface area contributed by atoms with Gasteiger partial charge in [0.25, 0.3) is 11.7 Å². The van der Waals surface area contributed by atoms with Gasteiger partial charge in [-0.1, -0.05) is 12.1 Å². The molecule has 1 fully saturated rings. The van der Waals surface area contributed by atoms with Gasteiger partial charge in [-0.25, -0.2) is 0 Å². The second-order valence-corrected chi connectivity index (χ2v) is 8.81. The molecular weight excluding hydrogens is 468 g/mol. The van der Waals surface area contributed by atoms with Crippen molar-refractivity contribution in [2.45, 2.75) is 26.8 Å². The summed E-state index contributed by atoms with van der Waals surface area (Å²) in [6.07, 6.45) is 0. The van der Waals surface area contributed by atoms with E-state index in [2.05, 4.69) is 18.7 Å². The predicted octanol–water partition coefficient (Wildman–Crippen LogP) is 5.48. The number of ether oxygens (including phenoxy) is 2. The molecule has 1 unspecified atom stereocenters. The van der Waals surface area contributed by atoms with Gasteiger partial charge in [-0.3, -0.25) is 14.5 Å². The molecule has 4 rings (SSSR count). The summed E-state index contributed by atoms with van der Waals surface area (Å²) in [6, 6.07) is 19.1. The van der Waals surface area contributed by atoms with Gasteiger partial charge in [0.15, 0.2) is 0 Å². The van der Waals surface area contributed by atoms with Crippen molar-refractivity contribution in [2.24, 2.45) is 0 Å². The molecule has 0 aromatic heterocycles. The number of hydrogen-bond acceptors (Lipinski definition) is 6. The van der Waals surface area contributed by atoms with Crippen molar-refractivity contribution in [1.29, 1.82) is 0 Å². The molecule has 1 N–H and O–H groups in total. The Kier molecular flexibility index (Phi) is 7.53. The Bertz CT molecular complexity index is 1330. The number of ketones is 1. The van der Waals surface area contributed by atoms with Gasteiger partial charge in [-0.15, -0.1) is 0 Å². The third-order valence-electron chi connectivity index (χ3n) is 6.82. The fourth-order valence-electron chi connectivity index (χ4n) is 4.79. The van der Waals surface area contributed by atoms with Gasteiger partial charge in [-0.2, -0.15) is 0 Å². The monoisotopic (exact) mass is 500 g/mol. The average Bonchev–Trinajstić information content (AvgIpc) is 3.19. The smallest absolute Gasteiger partial charge is 0.300 e. The molecule has 0 spiro atoms. The normalized spacial score (nSPS) is 16.7. The lowest BCUT2D eigenvalue weighted by Crippen LogP contribution is -2.29. The van der Waals surface area contributed by atoms with Crippen LogP contribution in [0.4, 0.5) is 11.4 Å². The number of carbonyl (C=O) groups is 2. The minimum Gasteiger partial charge on any atom is -0.507 e. The standard InChI is InChI=1S/C30H32N2O5/c1-6-31(7-2)21-10-12-22(13-11-21)32-27(20-8-14-23(36-4)15-9-20)26(29(34)30(32)35)28(33)25-17-16-24(37-5)18-19(25)3/h8-18,27,33H,6-7H2,1-5H3/b28-26-. The van der Waals surface area contributed by atoms with Gasteiger partial charge in [0.2, 0.25) is 0 Å². The van der Waals surface area contributed by atoms with Crippen LogP contribution in [-0.4, -0.2) is 44.1 Å². The Labute approximate surface area is 217 Å². The van der Waals surface area contributed by atoms with Crippen molar-refractivity contribution in [2.75, 3.05) is 37.1 Å². The summed E-state index contributed by atoms with van der Waals surface area (Å²) in [7, 11) is 3.14. The van der Waals surface area contributed by atoms with Crippen LogP contribution in [0.25, 0.3) is 5.76 Å². The molecule has 7 heteroatoms.